The summed E-state index contributed by atoms with van der Waals surface area (Å²) in [6.45, 7) is 0. The van der Waals surface area contributed by atoms with E-state index in [4.69, 9.17) is 0 Å². The first-order valence-corrected chi connectivity index (χ1v) is 6.92. The molecule has 0 spiro atoms. The smallest absolute Gasteiger partial charge is 0.274 e. The van der Waals surface area contributed by atoms with Gasteiger partial charge in [-0.2, -0.15) is 0 Å². The van der Waals surface area contributed by atoms with Crippen LogP contribution in [0.5, 0.6) is 0 Å². The molecular weight excluding hydrogens is 334 g/mol. The monoisotopic (exact) mass is 343 g/mol. The van der Waals surface area contributed by atoms with E-state index in [1.165, 1.54) is 0 Å². The summed E-state index contributed by atoms with van der Waals surface area (Å²) in [5.41, 5.74) is 1.71. The Morgan fingerprint density at radius 1 is 1.19 bits per heavy atom. The van der Waals surface area contributed by atoms with Gasteiger partial charge in [0.25, 0.3) is 5.91 Å². The van der Waals surface area contributed by atoms with Gasteiger partial charge >= 0.3 is 0 Å². The van der Waals surface area contributed by atoms with E-state index in [2.05, 4.69) is 36.5 Å². The number of nitrogens with one attached hydrogen (secondary N) is 1. The minimum Gasteiger partial charge on any atom is -0.319 e. The molecule has 1 aromatic carbocycles. The number of hydrogen-bond donors (Lipinski definition) is 1. The summed E-state index contributed by atoms with van der Waals surface area (Å²) in [5, 5.41) is 10.5. The van der Waals surface area contributed by atoms with Gasteiger partial charge in [0, 0.05) is 10.7 Å². The van der Waals surface area contributed by atoms with Gasteiger partial charge in [-0.25, -0.2) is 9.67 Å². The number of para-hydroxylation sites is 2. The number of carbonyl (C=O) groups excluding carboxylic acids is 1. The van der Waals surface area contributed by atoms with Gasteiger partial charge in [0.2, 0.25) is 0 Å². The van der Waals surface area contributed by atoms with Crippen LogP contribution < -0.4 is 5.32 Å². The Kier molecular flexibility index (Phi) is 3.74. The molecule has 1 N–H and O–H groups in total. The lowest BCUT2D eigenvalue weighted by atomic mass is 10.2. The van der Waals surface area contributed by atoms with Gasteiger partial charge < -0.3 is 5.32 Å². The van der Waals surface area contributed by atoms with Gasteiger partial charge in [0.15, 0.2) is 0 Å². The fraction of sp³-hybridized carbons (Fsp3) is 0. The lowest BCUT2D eigenvalue weighted by Crippen LogP contribution is -2.15. The molecule has 0 aliphatic carbocycles. The van der Waals surface area contributed by atoms with Crippen LogP contribution in [0.2, 0.25) is 0 Å². The third kappa shape index (κ3) is 2.97. The molecule has 0 saturated heterocycles. The van der Waals surface area contributed by atoms with Crippen molar-refractivity contribution in [3.05, 3.63) is 65.2 Å². The number of rotatable bonds is 3. The molecule has 0 atom stereocenters. The third-order valence-electron chi connectivity index (χ3n) is 2.78. The van der Waals surface area contributed by atoms with E-state index in [-0.39, 0.29) is 5.91 Å². The van der Waals surface area contributed by atoms with Crippen LogP contribution in [-0.4, -0.2) is 25.9 Å². The van der Waals surface area contributed by atoms with Gasteiger partial charge in [-0.15, -0.1) is 5.10 Å². The molecule has 0 saturated carbocycles. The molecule has 0 aliphatic heterocycles. The predicted octanol–water partition coefficient (Wildman–Crippen LogP) is 2.68. The average Bonchev–Trinajstić information content (AvgIpc) is 3.02. The largest absolute Gasteiger partial charge is 0.319 e. The fourth-order valence-electron chi connectivity index (χ4n) is 1.81. The Morgan fingerprint density at radius 3 is 2.76 bits per heavy atom. The summed E-state index contributed by atoms with van der Waals surface area (Å²) in [7, 11) is 0. The van der Waals surface area contributed by atoms with E-state index in [0.29, 0.717) is 11.4 Å². The maximum absolute atomic E-state index is 12.2. The Hall–Kier alpha value is -2.54. The Morgan fingerprint density at radius 2 is 2.05 bits per heavy atom. The Balaban J connectivity index is 1.88. The third-order valence-corrected chi connectivity index (χ3v) is 3.25. The van der Waals surface area contributed by atoms with Crippen LogP contribution >= 0.6 is 15.9 Å². The van der Waals surface area contributed by atoms with Crippen molar-refractivity contribution in [3.8, 4) is 5.69 Å². The van der Waals surface area contributed by atoms with Crippen LogP contribution in [-0.2, 0) is 0 Å². The maximum Gasteiger partial charge on any atom is 0.274 e. The van der Waals surface area contributed by atoms with E-state index in [0.717, 1.165) is 10.2 Å². The number of hydrogen-bond acceptors (Lipinski definition) is 4. The number of benzene rings is 1. The summed E-state index contributed by atoms with van der Waals surface area (Å²) in [4.78, 5) is 16.3. The lowest BCUT2D eigenvalue weighted by molar-refractivity contribution is 0.102. The highest BCUT2D eigenvalue weighted by Gasteiger charge is 2.11. The molecule has 2 heterocycles. The van der Waals surface area contributed by atoms with Gasteiger partial charge in [-0.3, -0.25) is 4.79 Å². The zero-order valence-electron chi connectivity index (χ0n) is 10.8. The number of carbonyl (C=O) groups is 1. The van der Waals surface area contributed by atoms with E-state index in [1.807, 2.05) is 18.2 Å². The van der Waals surface area contributed by atoms with Gasteiger partial charge in [-0.05, 0) is 40.2 Å². The fourth-order valence-corrected chi connectivity index (χ4v) is 2.05. The molecule has 0 fully saturated rings. The number of amides is 1. The van der Waals surface area contributed by atoms with Crippen molar-refractivity contribution in [3.63, 3.8) is 0 Å². The first-order chi connectivity index (χ1) is 10.2. The second-order valence-electron chi connectivity index (χ2n) is 4.18. The highest BCUT2D eigenvalue weighted by molar-refractivity contribution is 9.10. The molecule has 104 valence electrons. The van der Waals surface area contributed by atoms with Crippen molar-refractivity contribution in [2.45, 2.75) is 0 Å². The van der Waals surface area contributed by atoms with Gasteiger partial charge in [0.05, 0.1) is 23.8 Å². The summed E-state index contributed by atoms with van der Waals surface area (Å²) in [6, 6.07) is 10.8. The van der Waals surface area contributed by atoms with Crippen LogP contribution in [0.1, 0.15) is 10.5 Å². The molecule has 6 nitrogen and oxygen atoms in total. The van der Waals surface area contributed by atoms with E-state index >= 15 is 0 Å². The highest BCUT2D eigenvalue weighted by Crippen LogP contribution is 2.19. The number of nitrogens with zero attached hydrogens (tertiary/aromatic N) is 4. The van der Waals surface area contributed by atoms with Crippen LogP contribution in [0.15, 0.2) is 59.5 Å². The normalized spacial score (nSPS) is 10.3. The van der Waals surface area contributed by atoms with E-state index in [9.17, 15) is 4.79 Å². The van der Waals surface area contributed by atoms with Crippen LogP contribution in [0.3, 0.4) is 0 Å². The number of pyridine rings is 1. The van der Waals surface area contributed by atoms with Crippen molar-refractivity contribution < 1.29 is 4.79 Å². The minimum absolute atomic E-state index is 0.282. The molecule has 0 radical (unpaired) electrons. The Labute approximate surface area is 129 Å². The van der Waals surface area contributed by atoms with Crippen molar-refractivity contribution in [1.82, 2.24) is 20.0 Å². The maximum atomic E-state index is 12.2. The minimum atomic E-state index is -0.282. The lowest BCUT2D eigenvalue weighted by Gasteiger charge is -2.10. The zero-order chi connectivity index (χ0) is 14.7. The summed E-state index contributed by atoms with van der Waals surface area (Å²) >= 11 is 3.29. The molecule has 0 bridgehead atoms. The average molecular weight is 344 g/mol. The SMILES string of the molecule is O=C(Nc1ccccc1-n1ccnn1)c1ccc(Br)cn1. The topological polar surface area (TPSA) is 72.7 Å². The summed E-state index contributed by atoms with van der Waals surface area (Å²) in [6.07, 6.45) is 4.87. The molecule has 3 aromatic rings. The molecule has 2 aromatic heterocycles. The zero-order valence-corrected chi connectivity index (χ0v) is 12.4. The van der Waals surface area contributed by atoms with Gasteiger partial charge in [-0.1, -0.05) is 17.3 Å². The summed E-state index contributed by atoms with van der Waals surface area (Å²) in [5.74, 6) is -0.282. The number of halogens is 1. The molecule has 1 amide bonds. The first-order valence-electron chi connectivity index (χ1n) is 6.12. The Bertz CT molecular complexity index is 755. The molecule has 0 unspecified atom stereocenters. The molecule has 3 rings (SSSR count). The standard InChI is InChI=1S/C14H10BrN5O/c15-10-5-6-12(16-9-10)14(21)18-11-3-1-2-4-13(11)20-8-7-17-19-20/h1-9H,(H,18,21). The molecule has 21 heavy (non-hydrogen) atoms. The first kappa shape index (κ1) is 13.4. The molecular formula is C14H10BrN5O. The van der Waals surface area contributed by atoms with Crippen molar-refractivity contribution in [1.29, 1.82) is 0 Å². The highest BCUT2D eigenvalue weighted by atomic mass is 79.9. The van der Waals surface area contributed by atoms with Crippen LogP contribution in [0.4, 0.5) is 5.69 Å². The van der Waals surface area contributed by atoms with E-state index in [1.54, 1.807) is 41.5 Å². The molecule has 7 heteroatoms. The van der Waals surface area contributed by atoms with Crippen molar-refractivity contribution in [2.24, 2.45) is 0 Å². The second-order valence-corrected chi connectivity index (χ2v) is 5.10. The van der Waals surface area contributed by atoms with Crippen molar-refractivity contribution in [2.75, 3.05) is 5.32 Å². The van der Waals surface area contributed by atoms with Crippen LogP contribution in [0, 0.1) is 0 Å². The molecule has 0 aliphatic rings. The predicted molar refractivity (Wildman–Crippen MR) is 81.2 cm³/mol. The van der Waals surface area contributed by atoms with Crippen LogP contribution in [0.25, 0.3) is 5.69 Å². The van der Waals surface area contributed by atoms with Gasteiger partial charge in [0.1, 0.15) is 5.69 Å². The number of aromatic nitrogens is 4. The van der Waals surface area contributed by atoms with E-state index < -0.39 is 0 Å². The summed E-state index contributed by atoms with van der Waals surface area (Å²) < 4.78 is 2.41. The number of anilines is 1. The quantitative estimate of drug-likeness (QED) is 0.793. The van der Waals surface area contributed by atoms with Crippen molar-refractivity contribution >= 4 is 27.5 Å². The second kappa shape index (κ2) is 5.84.